The monoisotopic (exact) mass is 646 g/mol. The van der Waals surface area contributed by atoms with Gasteiger partial charge in [-0.05, 0) is 51.1 Å². The van der Waals surface area contributed by atoms with Crippen LogP contribution in [0.15, 0.2) is 12.7 Å². The van der Waals surface area contributed by atoms with Gasteiger partial charge in [-0.15, -0.1) is 6.58 Å². The van der Waals surface area contributed by atoms with Gasteiger partial charge in [-0.1, -0.05) is 206 Å². The number of hydrogen-bond acceptors (Lipinski definition) is 2. The fraction of sp³-hybridized carbons (Fsp3) is 0.932. The van der Waals surface area contributed by atoms with Gasteiger partial charge in [-0.2, -0.15) is 0 Å². The largest absolute Gasteiger partial charge is 0.317 e. The molecule has 1 aliphatic carbocycles. The minimum atomic E-state index is 0.506. The standard InChI is InChI=1S/C26H53NO.C18H34/c1-3-5-7-9-11-12-14-18-22-26(28)23-19-15-13-17-21-25-27-24-20-16-10-8-6-4-2;1-2-15-18-16-13-11-9-7-5-3-4-6-8-10-12-14-17-18/h27H,3-25H2,1-2H3;2,18H,1,3-17H2. The van der Waals surface area contributed by atoms with Crippen molar-refractivity contribution in [3.05, 3.63) is 12.7 Å². The zero-order chi connectivity index (χ0) is 33.4. The Labute approximate surface area is 291 Å². The lowest BCUT2D eigenvalue weighted by Gasteiger charge is -2.14. The normalized spacial score (nSPS) is 15.8. The van der Waals surface area contributed by atoms with E-state index >= 15 is 0 Å². The Morgan fingerprint density at radius 1 is 0.500 bits per heavy atom. The minimum Gasteiger partial charge on any atom is -0.317 e. The van der Waals surface area contributed by atoms with E-state index in [1.165, 1.54) is 219 Å². The van der Waals surface area contributed by atoms with Gasteiger partial charge >= 0.3 is 0 Å². The second-order valence-corrected chi connectivity index (χ2v) is 15.0. The summed E-state index contributed by atoms with van der Waals surface area (Å²) in [5, 5.41) is 3.58. The highest BCUT2D eigenvalue weighted by Gasteiger charge is 2.07. The molecule has 0 heterocycles. The Hall–Kier alpha value is -0.630. The molecule has 1 saturated carbocycles. The predicted octanol–water partition coefficient (Wildman–Crippen LogP) is 15.0. The summed E-state index contributed by atoms with van der Waals surface area (Å²) in [6.07, 6.45) is 50.7. The van der Waals surface area contributed by atoms with Gasteiger partial charge in [-0.25, -0.2) is 0 Å². The Bertz CT molecular complexity index is 570. The lowest BCUT2D eigenvalue weighted by Crippen LogP contribution is -2.16. The van der Waals surface area contributed by atoms with Crippen molar-refractivity contribution in [3.8, 4) is 0 Å². The fourth-order valence-corrected chi connectivity index (χ4v) is 7.09. The molecule has 0 amide bonds. The number of Topliss-reactive ketones (excluding diaryl/α,β-unsaturated/α-hetero) is 1. The Morgan fingerprint density at radius 3 is 1.20 bits per heavy atom. The molecule has 1 N–H and O–H groups in total. The molecule has 0 aromatic rings. The Kier molecular flexibility index (Phi) is 40.0. The quantitative estimate of drug-likeness (QED) is 0.0749. The first-order valence-corrected chi connectivity index (χ1v) is 21.6. The van der Waals surface area contributed by atoms with Gasteiger partial charge in [0.05, 0.1) is 0 Å². The van der Waals surface area contributed by atoms with Crippen LogP contribution in [0.5, 0.6) is 0 Å². The molecule has 2 heteroatoms. The number of carbonyl (C=O) groups is 1. The lowest BCUT2D eigenvalue weighted by atomic mass is 9.92. The maximum atomic E-state index is 11.9. The number of ketones is 1. The van der Waals surface area contributed by atoms with E-state index in [0.717, 1.165) is 31.6 Å². The molecule has 0 spiro atoms. The summed E-state index contributed by atoms with van der Waals surface area (Å²) in [5.41, 5.74) is 0. The molecule has 274 valence electrons. The van der Waals surface area contributed by atoms with Crippen molar-refractivity contribution < 1.29 is 4.79 Å². The molecular formula is C44H87NO. The maximum Gasteiger partial charge on any atom is 0.132 e. The molecule has 0 aromatic heterocycles. The highest BCUT2D eigenvalue weighted by Crippen LogP contribution is 2.23. The topological polar surface area (TPSA) is 29.1 Å². The number of hydrogen-bond donors (Lipinski definition) is 1. The van der Waals surface area contributed by atoms with Gasteiger partial charge in [-0.3, -0.25) is 4.79 Å². The molecule has 1 rings (SSSR count). The fourth-order valence-electron chi connectivity index (χ4n) is 7.09. The average Bonchev–Trinajstić information content (AvgIpc) is 3.07. The summed E-state index contributed by atoms with van der Waals surface area (Å²) < 4.78 is 0. The van der Waals surface area contributed by atoms with E-state index in [2.05, 4.69) is 31.8 Å². The second kappa shape index (κ2) is 40.5. The van der Waals surface area contributed by atoms with Gasteiger partial charge < -0.3 is 5.32 Å². The van der Waals surface area contributed by atoms with Crippen LogP contribution in [0.4, 0.5) is 0 Å². The van der Waals surface area contributed by atoms with Crippen molar-refractivity contribution in [2.75, 3.05) is 13.1 Å². The van der Waals surface area contributed by atoms with Crippen LogP contribution in [0.1, 0.15) is 245 Å². The van der Waals surface area contributed by atoms with Crippen LogP contribution >= 0.6 is 0 Å². The first-order valence-electron chi connectivity index (χ1n) is 21.6. The highest BCUT2D eigenvalue weighted by atomic mass is 16.1. The highest BCUT2D eigenvalue weighted by molar-refractivity contribution is 5.78. The van der Waals surface area contributed by atoms with Crippen molar-refractivity contribution in [1.29, 1.82) is 0 Å². The number of rotatable bonds is 26. The lowest BCUT2D eigenvalue weighted by molar-refractivity contribution is -0.119. The van der Waals surface area contributed by atoms with Crippen LogP contribution in [-0.4, -0.2) is 18.9 Å². The molecule has 0 aliphatic heterocycles. The molecule has 1 aliphatic rings. The number of allylic oxidation sites excluding steroid dienone is 1. The third-order valence-corrected chi connectivity index (χ3v) is 10.3. The van der Waals surface area contributed by atoms with E-state index in [1.54, 1.807) is 0 Å². The smallest absolute Gasteiger partial charge is 0.132 e. The van der Waals surface area contributed by atoms with Gasteiger partial charge in [0.15, 0.2) is 0 Å². The van der Waals surface area contributed by atoms with E-state index in [-0.39, 0.29) is 0 Å². The molecule has 1 fully saturated rings. The van der Waals surface area contributed by atoms with Crippen LogP contribution in [0.25, 0.3) is 0 Å². The summed E-state index contributed by atoms with van der Waals surface area (Å²) in [7, 11) is 0. The van der Waals surface area contributed by atoms with Crippen LogP contribution in [-0.2, 0) is 4.79 Å². The SMILES string of the molecule is C=CCC1CCCCCCCCCCCCCC1.CCCCCCCCCCC(=O)CCCCCCCNCCCCCCCC. The second-order valence-electron chi connectivity index (χ2n) is 15.0. The minimum absolute atomic E-state index is 0.506. The summed E-state index contributed by atoms with van der Waals surface area (Å²) in [6.45, 7) is 10.8. The summed E-state index contributed by atoms with van der Waals surface area (Å²) in [4.78, 5) is 11.9. The average molecular weight is 646 g/mol. The number of nitrogens with one attached hydrogen (secondary N) is 1. The van der Waals surface area contributed by atoms with Crippen LogP contribution < -0.4 is 5.32 Å². The molecule has 2 nitrogen and oxygen atoms in total. The molecule has 46 heavy (non-hydrogen) atoms. The van der Waals surface area contributed by atoms with Gasteiger partial charge in [0, 0.05) is 12.8 Å². The molecule has 0 bridgehead atoms. The number of carbonyl (C=O) groups excluding carboxylic acids is 1. The van der Waals surface area contributed by atoms with E-state index in [9.17, 15) is 4.79 Å². The van der Waals surface area contributed by atoms with Crippen LogP contribution in [0, 0.1) is 5.92 Å². The van der Waals surface area contributed by atoms with Gasteiger partial charge in [0.2, 0.25) is 0 Å². The van der Waals surface area contributed by atoms with Crippen molar-refractivity contribution >= 4 is 5.78 Å². The van der Waals surface area contributed by atoms with E-state index in [1.807, 2.05) is 0 Å². The van der Waals surface area contributed by atoms with Crippen molar-refractivity contribution in [1.82, 2.24) is 5.32 Å². The predicted molar refractivity (Wildman–Crippen MR) is 209 cm³/mol. The van der Waals surface area contributed by atoms with E-state index in [0.29, 0.717) is 5.78 Å². The van der Waals surface area contributed by atoms with Gasteiger partial charge in [0.1, 0.15) is 5.78 Å². The molecule has 0 aromatic carbocycles. The summed E-state index contributed by atoms with van der Waals surface area (Å²) in [6, 6.07) is 0. The molecule has 0 saturated heterocycles. The zero-order valence-electron chi connectivity index (χ0n) is 32.1. The Morgan fingerprint density at radius 2 is 0.826 bits per heavy atom. The van der Waals surface area contributed by atoms with Gasteiger partial charge in [0.25, 0.3) is 0 Å². The number of unbranched alkanes of at least 4 members (excludes halogenated alkanes) is 16. The summed E-state index contributed by atoms with van der Waals surface area (Å²) in [5.74, 6) is 1.44. The summed E-state index contributed by atoms with van der Waals surface area (Å²) >= 11 is 0. The van der Waals surface area contributed by atoms with Crippen LogP contribution in [0.3, 0.4) is 0 Å². The van der Waals surface area contributed by atoms with Crippen molar-refractivity contribution in [2.45, 2.75) is 245 Å². The molecule has 0 unspecified atom stereocenters. The molecule has 0 radical (unpaired) electrons. The zero-order valence-corrected chi connectivity index (χ0v) is 32.1. The van der Waals surface area contributed by atoms with E-state index in [4.69, 9.17) is 0 Å². The molecule has 0 atom stereocenters. The third-order valence-electron chi connectivity index (χ3n) is 10.3. The third kappa shape index (κ3) is 37.8. The van der Waals surface area contributed by atoms with Crippen LogP contribution in [0.2, 0.25) is 0 Å². The van der Waals surface area contributed by atoms with Crippen molar-refractivity contribution in [3.63, 3.8) is 0 Å². The first kappa shape index (κ1) is 45.4. The first-order chi connectivity index (χ1) is 22.7. The Balaban J connectivity index is 0.000000964. The van der Waals surface area contributed by atoms with Crippen molar-refractivity contribution in [2.24, 2.45) is 5.92 Å². The molecular weight excluding hydrogens is 558 g/mol. The maximum absolute atomic E-state index is 11.9. The van der Waals surface area contributed by atoms with E-state index < -0.39 is 0 Å².